The molecule has 0 radical (unpaired) electrons. The summed E-state index contributed by atoms with van der Waals surface area (Å²) in [6.45, 7) is 6.89. The Morgan fingerprint density at radius 2 is 1.68 bits per heavy atom. The van der Waals surface area contributed by atoms with E-state index >= 15 is 0 Å². The van der Waals surface area contributed by atoms with Crippen LogP contribution in [0.1, 0.15) is 20.3 Å². The summed E-state index contributed by atoms with van der Waals surface area (Å²) in [7, 11) is 0. The molecule has 0 saturated carbocycles. The third-order valence-corrected chi connectivity index (χ3v) is 4.70. The fourth-order valence-electron chi connectivity index (χ4n) is 2.87. The number of hydrogen-bond acceptors (Lipinski definition) is 5. The largest absolute Gasteiger partial charge is 0.379 e. The summed E-state index contributed by atoms with van der Waals surface area (Å²) in [4.78, 5) is 37.8. The maximum absolute atomic E-state index is 12.5. The number of carbonyl (C=O) groups is 3. The Morgan fingerprint density at radius 1 is 1.11 bits per heavy atom. The maximum Gasteiger partial charge on any atom is 0.312 e. The number of carbonyl (C=O) groups excluding carboxylic acids is 3. The summed E-state index contributed by atoms with van der Waals surface area (Å²) in [5.41, 5.74) is 6.38. The second-order valence-electron chi connectivity index (χ2n) is 6.88. The lowest BCUT2D eigenvalue weighted by Crippen LogP contribution is -2.49. The van der Waals surface area contributed by atoms with Crippen LogP contribution < -0.4 is 21.7 Å². The average Bonchev–Trinajstić information content (AvgIpc) is 2.67. The van der Waals surface area contributed by atoms with Crippen LogP contribution in [0, 0.1) is 5.92 Å². The number of benzene rings is 1. The van der Waals surface area contributed by atoms with Crippen LogP contribution in [0.3, 0.4) is 0 Å². The molecule has 5 N–H and O–H groups in total. The second kappa shape index (κ2) is 10.6. The average molecular weight is 391 g/mol. The smallest absolute Gasteiger partial charge is 0.312 e. The van der Waals surface area contributed by atoms with E-state index in [0.717, 1.165) is 13.1 Å². The zero-order valence-corrected chi connectivity index (χ0v) is 16.4. The molecule has 9 heteroatoms. The van der Waals surface area contributed by atoms with Crippen molar-refractivity contribution in [3.8, 4) is 0 Å². The van der Waals surface area contributed by atoms with Gasteiger partial charge in [0.2, 0.25) is 11.8 Å². The first-order chi connectivity index (χ1) is 13.4. The number of anilines is 2. The molecule has 2 atom stereocenters. The first kappa shape index (κ1) is 21.6. The number of primary amides is 1. The van der Waals surface area contributed by atoms with Gasteiger partial charge < -0.3 is 26.4 Å². The molecule has 0 unspecified atom stereocenters. The van der Waals surface area contributed by atoms with Crippen molar-refractivity contribution in [2.45, 2.75) is 26.3 Å². The fraction of sp³-hybridized carbons (Fsp3) is 0.526. The Labute approximate surface area is 165 Å². The number of nitrogens with two attached hydrogens (primary N) is 1. The maximum atomic E-state index is 12.5. The number of hydrogen-bond donors (Lipinski definition) is 4. The van der Waals surface area contributed by atoms with Crippen LogP contribution in [-0.2, 0) is 14.3 Å². The van der Waals surface area contributed by atoms with Crippen LogP contribution in [0.2, 0.25) is 0 Å². The number of amides is 4. The monoisotopic (exact) mass is 391 g/mol. The van der Waals surface area contributed by atoms with Gasteiger partial charge in [-0.2, -0.15) is 0 Å². The molecule has 0 aromatic heterocycles. The quantitative estimate of drug-likeness (QED) is 0.526. The summed E-state index contributed by atoms with van der Waals surface area (Å²) in [6.07, 6.45) is 0.715. The van der Waals surface area contributed by atoms with Crippen LogP contribution in [0.15, 0.2) is 24.3 Å². The predicted octanol–water partition coefficient (Wildman–Crippen LogP) is 0.979. The number of nitrogens with one attached hydrogen (secondary N) is 3. The van der Waals surface area contributed by atoms with Gasteiger partial charge >= 0.3 is 6.03 Å². The molecule has 0 spiro atoms. The molecule has 0 aliphatic carbocycles. The molecule has 1 heterocycles. The van der Waals surface area contributed by atoms with E-state index in [1.165, 1.54) is 0 Å². The Bertz CT molecular complexity index is 673. The molecule has 1 aromatic rings. The summed E-state index contributed by atoms with van der Waals surface area (Å²) in [6, 6.07) is 5.37. The van der Waals surface area contributed by atoms with E-state index in [0.29, 0.717) is 37.6 Å². The number of morpholine rings is 1. The van der Waals surface area contributed by atoms with Gasteiger partial charge in [-0.05, 0) is 30.2 Å². The summed E-state index contributed by atoms with van der Waals surface area (Å²) in [5.74, 6) is -0.496. The van der Waals surface area contributed by atoms with E-state index in [1.807, 2.05) is 18.7 Å². The van der Waals surface area contributed by atoms with Gasteiger partial charge in [-0.15, -0.1) is 0 Å². The summed E-state index contributed by atoms with van der Waals surface area (Å²) in [5, 5.41) is 8.09. The molecular weight excluding hydrogens is 362 g/mol. The van der Waals surface area contributed by atoms with E-state index in [9.17, 15) is 14.4 Å². The van der Waals surface area contributed by atoms with Crippen LogP contribution >= 0.6 is 0 Å². The highest BCUT2D eigenvalue weighted by Crippen LogP contribution is 2.16. The van der Waals surface area contributed by atoms with Gasteiger partial charge in [0.1, 0.15) is 6.04 Å². The van der Waals surface area contributed by atoms with Gasteiger partial charge in [0.25, 0.3) is 0 Å². The van der Waals surface area contributed by atoms with E-state index in [-0.39, 0.29) is 17.7 Å². The number of ether oxygens (including phenoxy) is 1. The Balaban J connectivity index is 1.89. The van der Waals surface area contributed by atoms with Gasteiger partial charge in [-0.25, -0.2) is 4.79 Å². The lowest BCUT2D eigenvalue weighted by molar-refractivity contribution is -0.119. The minimum absolute atomic E-state index is 0.0637. The first-order valence-electron chi connectivity index (χ1n) is 9.46. The van der Waals surface area contributed by atoms with E-state index in [2.05, 4.69) is 16.0 Å². The molecule has 1 aliphatic rings. The van der Waals surface area contributed by atoms with E-state index in [4.69, 9.17) is 10.5 Å². The normalized spacial score (nSPS) is 16.6. The minimum atomic E-state index is -0.737. The van der Waals surface area contributed by atoms with Crippen molar-refractivity contribution < 1.29 is 19.1 Å². The third kappa shape index (κ3) is 6.82. The summed E-state index contributed by atoms with van der Waals surface area (Å²) >= 11 is 0. The van der Waals surface area contributed by atoms with Gasteiger partial charge in [-0.3, -0.25) is 14.5 Å². The lowest BCUT2D eigenvalue weighted by atomic mass is 9.98. The zero-order chi connectivity index (χ0) is 20.5. The SMILES string of the molecule is CC[C@H](C)[C@H](NC(N)=O)C(=O)Nc1ccc(NC(=O)CN2CCOCC2)cc1. The van der Waals surface area contributed by atoms with Gasteiger partial charge in [0.05, 0.1) is 19.8 Å². The molecule has 1 saturated heterocycles. The van der Waals surface area contributed by atoms with Crippen LogP contribution in [0.25, 0.3) is 0 Å². The molecule has 1 aliphatic heterocycles. The van der Waals surface area contributed by atoms with E-state index in [1.54, 1.807) is 24.3 Å². The van der Waals surface area contributed by atoms with Crippen molar-refractivity contribution >= 4 is 29.2 Å². The zero-order valence-electron chi connectivity index (χ0n) is 16.4. The highest BCUT2D eigenvalue weighted by molar-refractivity contribution is 5.97. The Hall–Kier alpha value is -2.65. The lowest BCUT2D eigenvalue weighted by Gasteiger charge is -2.25. The topological polar surface area (TPSA) is 126 Å². The molecule has 0 bridgehead atoms. The van der Waals surface area contributed by atoms with Gasteiger partial charge in [0.15, 0.2) is 0 Å². The highest BCUT2D eigenvalue weighted by atomic mass is 16.5. The van der Waals surface area contributed by atoms with Crippen molar-refractivity contribution in [1.29, 1.82) is 0 Å². The van der Waals surface area contributed by atoms with Crippen molar-refractivity contribution in [1.82, 2.24) is 10.2 Å². The molecule has 154 valence electrons. The highest BCUT2D eigenvalue weighted by Gasteiger charge is 2.25. The van der Waals surface area contributed by atoms with Crippen molar-refractivity contribution in [2.24, 2.45) is 11.7 Å². The fourth-order valence-corrected chi connectivity index (χ4v) is 2.87. The summed E-state index contributed by atoms with van der Waals surface area (Å²) < 4.78 is 5.27. The third-order valence-electron chi connectivity index (χ3n) is 4.70. The number of rotatable bonds is 8. The van der Waals surface area contributed by atoms with Crippen molar-refractivity contribution in [3.63, 3.8) is 0 Å². The van der Waals surface area contributed by atoms with Crippen LogP contribution in [0.5, 0.6) is 0 Å². The second-order valence-corrected chi connectivity index (χ2v) is 6.88. The van der Waals surface area contributed by atoms with Crippen molar-refractivity contribution in [2.75, 3.05) is 43.5 Å². The molecule has 9 nitrogen and oxygen atoms in total. The number of nitrogens with zero attached hydrogens (tertiary/aromatic N) is 1. The molecule has 4 amide bonds. The number of urea groups is 1. The minimum Gasteiger partial charge on any atom is -0.379 e. The predicted molar refractivity (Wildman–Crippen MR) is 107 cm³/mol. The Kier molecular flexibility index (Phi) is 8.21. The molecule has 1 fully saturated rings. The van der Waals surface area contributed by atoms with Crippen LogP contribution in [-0.4, -0.2) is 61.6 Å². The molecular formula is C19H29N5O4. The van der Waals surface area contributed by atoms with Crippen LogP contribution in [0.4, 0.5) is 16.2 Å². The molecule has 2 rings (SSSR count). The first-order valence-corrected chi connectivity index (χ1v) is 9.46. The standard InChI is InChI=1S/C19H29N5O4/c1-3-13(2)17(23-19(20)27)18(26)22-15-6-4-14(5-7-15)21-16(25)12-24-8-10-28-11-9-24/h4-7,13,17H,3,8-12H2,1-2H3,(H,21,25)(H,22,26)(H3,20,23,27)/t13-,17-/m0/s1. The Morgan fingerprint density at radius 3 is 2.21 bits per heavy atom. The molecule has 28 heavy (non-hydrogen) atoms. The molecule has 1 aromatic carbocycles. The van der Waals surface area contributed by atoms with E-state index < -0.39 is 12.1 Å². The van der Waals surface area contributed by atoms with Crippen molar-refractivity contribution in [3.05, 3.63) is 24.3 Å². The van der Waals surface area contributed by atoms with Gasteiger partial charge in [-0.1, -0.05) is 20.3 Å². The van der Waals surface area contributed by atoms with Gasteiger partial charge in [0, 0.05) is 24.5 Å².